The summed E-state index contributed by atoms with van der Waals surface area (Å²) in [6.07, 6.45) is 55.0. The van der Waals surface area contributed by atoms with E-state index in [1.807, 2.05) is 6.08 Å². The number of carbonyl (C=O) groups excluding carboxylic acids is 3. The van der Waals surface area contributed by atoms with Crippen LogP contribution in [0.25, 0.3) is 0 Å². The number of rotatable bonds is 39. The lowest BCUT2D eigenvalue weighted by molar-refractivity contribution is -0.147. The molecule has 0 spiro atoms. The van der Waals surface area contributed by atoms with E-state index in [1.165, 1.54) is 51.4 Å². The Morgan fingerprint density at radius 2 is 0.983 bits per heavy atom. The highest BCUT2D eigenvalue weighted by atomic mass is 16.5. The smallest absolute Gasteiger partial charge is 0.328 e. The third-order valence-electron chi connectivity index (χ3n) is 9.37. The van der Waals surface area contributed by atoms with Gasteiger partial charge in [-0.3, -0.25) is 14.4 Å². The van der Waals surface area contributed by atoms with E-state index in [0.717, 1.165) is 89.9 Å². The summed E-state index contributed by atoms with van der Waals surface area (Å²) in [6.45, 7) is 3.20. The van der Waals surface area contributed by atoms with Crippen LogP contribution in [0.4, 0.5) is 0 Å². The predicted octanol–water partition coefficient (Wildman–Crippen LogP) is 11.3. The molecule has 2 unspecified atom stereocenters. The number of nitrogens with one attached hydrogen (secondary N) is 2. The Morgan fingerprint density at radius 3 is 1.50 bits per heavy atom. The van der Waals surface area contributed by atoms with Crippen LogP contribution < -0.4 is 10.6 Å². The normalized spacial score (nSPS) is 13.3. The highest BCUT2D eigenvalue weighted by Crippen LogP contribution is 2.15. The summed E-state index contributed by atoms with van der Waals surface area (Å²) in [4.78, 5) is 47.6. The largest absolute Gasteiger partial charge is 0.480 e. The maximum atomic E-state index is 12.7. The van der Waals surface area contributed by atoms with Crippen molar-refractivity contribution >= 4 is 23.8 Å². The highest BCUT2D eigenvalue weighted by Gasteiger charge is 2.18. The fourth-order valence-electron chi connectivity index (χ4n) is 5.99. The number of allylic oxidation sites excluding steroid dienone is 13. The number of hydrogen-bond acceptors (Lipinski definition) is 6. The van der Waals surface area contributed by atoms with E-state index in [9.17, 15) is 19.2 Å². The van der Waals surface area contributed by atoms with Gasteiger partial charge in [0.15, 0.2) is 0 Å². The first-order chi connectivity index (χ1) is 28.3. The van der Waals surface area contributed by atoms with Crippen LogP contribution in [0, 0.1) is 0 Å². The van der Waals surface area contributed by atoms with Crippen molar-refractivity contribution < 1.29 is 34.1 Å². The van der Waals surface area contributed by atoms with Crippen molar-refractivity contribution in [3.63, 3.8) is 0 Å². The first-order valence-electron chi connectivity index (χ1n) is 22.5. The number of ether oxygens (including phenoxy) is 1. The molecule has 0 aromatic carbocycles. The summed E-state index contributed by atoms with van der Waals surface area (Å²) in [6, 6.07) is -1.40. The molecule has 0 aromatic heterocycles. The van der Waals surface area contributed by atoms with Gasteiger partial charge in [0.25, 0.3) is 0 Å². The van der Waals surface area contributed by atoms with Crippen LogP contribution in [0.2, 0.25) is 0 Å². The molecule has 0 bridgehead atoms. The summed E-state index contributed by atoms with van der Waals surface area (Å²) in [5.74, 6) is -2.45. The average molecular weight is 809 g/mol. The molecule has 0 aromatic rings. The molecule has 0 fully saturated rings. The minimum absolute atomic E-state index is 0.144. The third-order valence-corrected chi connectivity index (χ3v) is 9.37. The Kier molecular flexibility index (Phi) is 39.7. The molecular weight excluding hydrogens is 729 g/mol. The van der Waals surface area contributed by atoms with Gasteiger partial charge in [0.05, 0.1) is 13.2 Å². The van der Waals surface area contributed by atoms with E-state index >= 15 is 0 Å². The van der Waals surface area contributed by atoms with E-state index in [-0.39, 0.29) is 30.9 Å². The van der Waals surface area contributed by atoms with Crippen molar-refractivity contribution in [1.82, 2.24) is 10.6 Å². The lowest BCUT2D eigenvalue weighted by atomic mass is 10.0. The zero-order chi connectivity index (χ0) is 42.6. The Morgan fingerprint density at radius 1 is 0.534 bits per heavy atom. The molecule has 0 aliphatic carbocycles. The second kappa shape index (κ2) is 42.6. The quantitative estimate of drug-likeness (QED) is 0.0275. The Hall–Kier alpha value is -3.98. The van der Waals surface area contributed by atoms with Crippen LogP contribution >= 0.6 is 0 Å². The summed E-state index contributed by atoms with van der Waals surface area (Å²) in [7, 11) is 0. The van der Waals surface area contributed by atoms with Crippen molar-refractivity contribution in [2.24, 2.45) is 0 Å². The van der Waals surface area contributed by atoms with Gasteiger partial charge in [-0.05, 0) is 89.5 Å². The maximum Gasteiger partial charge on any atom is 0.328 e. The molecule has 0 heterocycles. The number of esters is 1. The number of carboxylic acids is 1. The molecule has 9 heteroatoms. The molecule has 0 rings (SSSR count). The van der Waals surface area contributed by atoms with Crippen LogP contribution in [0.5, 0.6) is 0 Å². The van der Waals surface area contributed by atoms with Gasteiger partial charge in [-0.2, -0.15) is 0 Å². The van der Waals surface area contributed by atoms with Crippen LogP contribution in [0.15, 0.2) is 85.1 Å². The summed E-state index contributed by atoms with van der Waals surface area (Å²) in [5.41, 5.74) is 0. The molecule has 0 saturated carbocycles. The number of aliphatic carboxylic acids is 1. The number of amides is 2. The number of hydrogen-bond donors (Lipinski definition) is 4. The molecule has 58 heavy (non-hydrogen) atoms. The molecule has 4 N–H and O–H groups in total. The van der Waals surface area contributed by atoms with E-state index < -0.39 is 24.5 Å². The number of aliphatic hydroxyl groups excluding tert-OH is 1. The van der Waals surface area contributed by atoms with Crippen LogP contribution in [0.3, 0.4) is 0 Å². The van der Waals surface area contributed by atoms with Crippen molar-refractivity contribution in [3.8, 4) is 0 Å². The number of unbranched alkanes of at least 4 members (excludes halogenated alkanes) is 13. The fourth-order valence-corrected chi connectivity index (χ4v) is 5.99. The lowest BCUT2D eigenvalue weighted by Gasteiger charge is -2.15. The number of carboxylic acid groups (broad SMARTS) is 1. The molecule has 0 saturated heterocycles. The van der Waals surface area contributed by atoms with Crippen molar-refractivity contribution in [1.29, 1.82) is 0 Å². The fraction of sp³-hybridized carbons (Fsp3) is 0.633. The van der Waals surface area contributed by atoms with Gasteiger partial charge >= 0.3 is 11.9 Å². The van der Waals surface area contributed by atoms with Gasteiger partial charge in [0.1, 0.15) is 12.1 Å². The highest BCUT2D eigenvalue weighted by molar-refractivity contribution is 5.87. The summed E-state index contributed by atoms with van der Waals surface area (Å²) in [5, 5.41) is 22.5. The van der Waals surface area contributed by atoms with Crippen molar-refractivity contribution in [2.75, 3.05) is 13.2 Å². The van der Waals surface area contributed by atoms with E-state index in [2.05, 4.69) is 103 Å². The molecule has 2 atom stereocenters. The minimum Gasteiger partial charge on any atom is -0.480 e. The summed E-state index contributed by atoms with van der Waals surface area (Å²) < 4.78 is 5.88. The second-order valence-corrected chi connectivity index (χ2v) is 14.7. The Labute approximate surface area is 352 Å². The Balaban J connectivity index is 4.19. The zero-order valence-corrected chi connectivity index (χ0v) is 36.3. The Bertz CT molecular complexity index is 1250. The SMILES string of the molecule is CC/C=C\C/C=C\C/C=C\C/C=C\CCCCCCCCCCCCC(=O)OC(/C=C\C/C=C\C/C=C\CC)CCCCCCC(=O)NCC(=O)NC(CO)C(=O)O. The lowest BCUT2D eigenvalue weighted by Crippen LogP contribution is -2.47. The first kappa shape index (κ1) is 54.0. The van der Waals surface area contributed by atoms with E-state index in [0.29, 0.717) is 12.8 Å². The van der Waals surface area contributed by atoms with Crippen LogP contribution in [-0.4, -0.2) is 59.3 Å². The van der Waals surface area contributed by atoms with Gasteiger partial charge in [-0.15, -0.1) is 0 Å². The molecule has 328 valence electrons. The molecule has 9 nitrogen and oxygen atoms in total. The summed E-state index contributed by atoms with van der Waals surface area (Å²) >= 11 is 0. The van der Waals surface area contributed by atoms with E-state index in [1.54, 1.807) is 0 Å². The standard InChI is InChI=1S/C49H80N2O7/c1-3-5-7-9-11-13-14-15-16-17-18-19-20-21-22-23-24-25-26-27-29-31-37-41-48(55)58-44(38-34-30-28-12-10-8-6-4-2)39-35-32-33-36-40-46(53)50-42-47(54)51-45(43-52)49(56)57/h5-8,11-13,15-16,18-19,28,34,38,44-45,52H,3-4,9-10,14,17,20-27,29-33,35-37,39-43H2,1-2H3,(H,50,53)(H,51,54)(H,56,57)/b7-5-,8-6-,13-11-,16-15-,19-18-,28-12-,38-34-. The van der Waals surface area contributed by atoms with E-state index in [4.69, 9.17) is 14.9 Å². The van der Waals surface area contributed by atoms with Crippen molar-refractivity contribution in [3.05, 3.63) is 85.1 Å². The number of aliphatic hydroxyl groups is 1. The van der Waals surface area contributed by atoms with Gasteiger partial charge < -0.3 is 25.6 Å². The van der Waals surface area contributed by atoms with Gasteiger partial charge in [-0.1, -0.05) is 157 Å². The average Bonchev–Trinajstić information content (AvgIpc) is 3.21. The number of carbonyl (C=O) groups is 4. The topological polar surface area (TPSA) is 142 Å². The van der Waals surface area contributed by atoms with Crippen molar-refractivity contribution in [2.45, 2.75) is 187 Å². The molecule has 0 aliphatic heterocycles. The zero-order valence-electron chi connectivity index (χ0n) is 36.3. The van der Waals surface area contributed by atoms with Gasteiger partial charge in [0, 0.05) is 12.8 Å². The van der Waals surface area contributed by atoms with Gasteiger partial charge in [0.2, 0.25) is 11.8 Å². The van der Waals surface area contributed by atoms with Crippen LogP contribution in [-0.2, 0) is 23.9 Å². The minimum atomic E-state index is -1.40. The molecule has 0 radical (unpaired) electrons. The second-order valence-electron chi connectivity index (χ2n) is 14.7. The molecular formula is C49H80N2O7. The van der Waals surface area contributed by atoms with Gasteiger partial charge in [-0.25, -0.2) is 4.79 Å². The first-order valence-corrected chi connectivity index (χ1v) is 22.5. The molecule has 0 aliphatic rings. The molecule has 2 amide bonds. The monoisotopic (exact) mass is 809 g/mol. The van der Waals surface area contributed by atoms with Crippen LogP contribution in [0.1, 0.15) is 174 Å². The predicted molar refractivity (Wildman–Crippen MR) is 240 cm³/mol. The third kappa shape index (κ3) is 38.9. The maximum absolute atomic E-state index is 12.7.